The van der Waals surface area contributed by atoms with E-state index in [1.807, 2.05) is 6.92 Å². The molecular weight excluding hydrogens is 258 g/mol. The standard InChI is InChI=1S/C13H23N5O2/c1-5-10-11(18(19)20)12(17(4)15-10)14-9-13(16(2)3)7-6-8-13/h14H,5-9H2,1-4H3. The van der Waals surface area contributed by atoms with Crippen LogP contribution in [0.4, 0.5) is 11.5 Å². The summed E-state index contributed by atoms with van der Waals surface area (Å²) in [5.74, 6) is 0.514. The van der Waals surface area contributed by atoms with E-state index in [9.17, 15) is 10.1 Å². The summed E-state index contributed by atoms with van der Waals surface area (Å²) in [5, 5.41) is 18.8. The van der Waals surface area contributed by atoms with Gasteiger partial charge in [-0.1, -0.05) is 6.92 Å². The van der Waals surface area contributed by atoms with Gasteiger partial charge in [-0.25, -0.2) is 4.68 Å². The average Bonchev–Trinajstić information content (AvgIpc) is 2.64. The quantitative estimate of drug-likeness (QED) is 0.635. The van der Waals surface area contributed by atoms with Crippen LogP contribution in [0.15, 0.2) is 0 Å². The molecule has 1 aliphatic rings. The minimum Gasteiger partial charge on any atom is -0.363 e. The maximum atomic E-state index is 11.3. The SMILES string of the molecule is CCc1nn(C)c(NCC2(N(C)C)CCC2)c1[N+](=O)[O-]. The lowest BCUT2D eigenvalue weighted by atomic mass is 9.75. The Morgan fingerprint density at radius 3 is 2.55 bits per heavy atom. The second-order valence-corrected chi connectivity index (χ2v) is 5.70. The number of nitro groups is 1. The fraction of sp³-hybridized carbons (Fsp3) is 0.769. The predicted octanol–water partition coefficient (Wildman–Crippen LogP) is 1.79. The molecule has 0 amide bonds. The van der Waals surface area contributed by atoms with Gasteiger partial charge in [0.1, 0.15) is 5.69 Å². The zero-order valence-corrected chi connectivity index (χ0v) is 12.6. The Kier molecular flexibility index (Phi) is 3.99. The van der Waals surface area contributed by atoms with E-state index in [4.69, 9.17) is 0 Å². The lowest BCUT2D eigenvalue weighted by Gasteiger charge is -2.47. The Labute approximate surface area is 119 Å². The predicted molar refractivity (Wildman–Crippen MR) is 78.0 cm³/mol. The molecule has 0 aromatic carbocycles. The van der Waals surface area contributed by atoms with Gasteiger partial charge in [-0.3, -0.25) is 10.1 Å². The third-order valence-corrected chi connectivity index (χ3v) is 4.43. The smallest absolute Gasteiger partial charge is 0.333 e. The first-order valence-corrected chi connectivity index (χ1v) is 7.03. The first-order valence-electron chi connectivity index (χ1n) is 7.03. The molecule has 1 aromatic heterocycles. The largest absolute Gasteiger partial charge is 0.363 e. The average molecular weight is 281 g/mol. The van der Waals surface area contributed by atoms with E-state index in [0.29, 0.717) is 24.5 Å². The molecule has 7 heteroatoms. The fourth-order valence-corrected chi connectivity index (χ4v) is 2.81. The van der Waals surface area contributed by atoms with Gasteiger partial charge in [0.2, 0.25) is 5.82 Å². The minimum atomic E-state index is -0.336. The Balaban J connectivity index is 2.21. The number of rotatable bonds is 6. The Hall–Kier alpha value is -1.63. The molecule has 1 saturated carbocycles. The Bertz CT molecular complexity index is 505. The molecule has 0 spiro atoms. The lowest BCUT2D eigenvalue weighted by molar-refractivity contribution is -0.384. The normalized spacial score (nSPS) is 17.1. The summed E-state index contributed by atoms with van der Waals surface area (Å²) in [6.45, 7) is 2.59. The molecular formula is C13H23N5O2. The van der Waals surface area contributed by atoms with Crippen LogP contribution in [0.25, 0.3) is 0 Å². The molecule has 0 saturated heterocycles. The first-order chi connectivity index (χ1) is 9.41. The van der Waals surface area contributed by atoms with Gasteiger partial charge in [-0.15, -0.1) is 0 Å². The maximum absolute atomic E-state index is 11.3. The summed E-state index contributed by atoms with van der Waals surface area (Å²) in [7, 11) is 5.88. The van der Waals surface area contributed by atoms with Crippen molar-refractivity contribution in [3.63, 3.8) is 0 Å². The summed E-state index contributed by atoms with van der Waals surface area (Å²) in [6.07, 6.45) is 4.02. The molecule has 1 aromatic rings. The fourth-order valence-electron chi connectivity index (χ4n) is 2.81. The van der Waals surface area contributed by atoms with Gasteiger partial charge in [-0.2, -0.15) is 5.10 Å². The van der Waals surface area contributed by atoms with E-state index in [2.05, 4.69) is 29.4 Å². The highest BCUT2D eigenvalue weighted by atomic mass is 16.6. The van der Waals surface area contributed by atoms with Gasteiger partial charge >= 0.3 is 5.69 Å². The zero-order chi connectivity index (χ0) is 14.9. The van der Waals surface area contributed by atoms with Crippen molar-refractivity contribution in [2.45, 2.75) is 38.1 Å². The van der Waals surface area contributed by atoms with Gasteiger partial charge < -0.3 is 10.2 Å². The molecule has 112 valence electrons. The maximum Gasteiger partial charge on any atom is 0.333 e. The van der Waals surface area contributed by atoms with E-state index in [1.54, 1.807) is 11.7 Å². The molecule has 0 radical (unpaired) electrons. The van der Waals surface area contributed by atoms with Crippen LogP contribution < -0.4 is 5.32 Å². The molecule has 2 rings (SSSR count). The van der Waals surface area contributed by atoms with E-state index in [-0.39, 0.29) is 16.1 Å². The van der Waals surface area contributed by atoms with E-state index in [0.717, 1.165) is 12.8 Å². The summed E-state index contributed by atoms with van der Waals surface area (Å²) < 4.78 is 1.58. The van der Waals surface area contributed by atoms with Crippen molar-refractivity contribution in [1.29, 1.82) is 0 Å². The molecule has 1 fully saturated rings. The molecule has 0 aliphatic heterocycles. The second kappa shape index (κ2) is 5.40. The number of nitrogens with one attached hydrogen (secondary N) is 1. The van der Waals surface area contributed by atoms with Crippen LogP contribution >= 0.6 is 0 Å². The van der Waals surface area contributed by atoms with Crippen molar-refractivity contribution in [3.8, 4) is 0 Å². The number of likely N-dealkylation sites (N-methyl/N-ethyl adjacent to an activating group) is 1. The molecule has 0 atom stereocenters. The van der Waals surface area contributed by atoms with Gasteiger partial charge in [0.25, 0.3) is 0 Å². The molecule has 1 aliphatic carbocycles. The first kappa shape index (κ1) is 14.8. The van der Waals surface area contributed by atoms with Crippen molar-refractivity contribution in [2.75, 3.05) is 26.0 Å². The van der Waals surface area contributed by atoms with Gasteiger partial charge in [0.15, 0.2) is 0 Å². The van der Waals surface area contributed by atoms with Crippen molar-refractivity contribution in [1.82, 2.24) is 14.7 Å². The number of aryl methyl sites for hydroxylation is 2. The number of aromatic nitrogens is 2. The van der Waals surface area contributed by atoms with Crippen LogP contribution in [0.5, 0.6) is 0 Å². The summed E-state index contributed by atoms with van der Waals surface area (Å²) in [6, 6.07) is 0. The summed E-state index contributed by atoms with van der Waals surface area (Å²) in [5.41, 5.74) is 0.764. The molecule has 1 heterocycles. The molecule has 0 bridgehead atoms. The minimum absolute atomic E-state index is 0.114. The molecule has 0 unspecified atom stereocenters. The number of nitrogens with zero attached hydrogens (tertiary/aromatic N) is 4. The topological polar surface area (TPSA) is 76.2 Å². The van der Waals surface area contributed by atoms with E-state index in [1.165, 1.54) is 6.42 Å². The van der Waals surface area contributed by atoms with Crippen molar-refractivity contribution in [2.24, 2.45) is 7.05 Å². The van der Waals surface area contributed by atoms with Crippen LogP contribution in [-0.4, -0.2) is 45.8 Å². The van der Waals surface area contributed by atoms with Crippen LogP contribution in [0.3, 0.4) is 0 Å². The van der Waals surface area contributed by atoms with Gasteiger partial charge in [0, 0.05) is 19.1 Å². The highest BCUT2D eigenvalue weighted by molar-refractivity contribution is 5.60. The summed E-state index contributed by atoms with van der Waals surface area (Å²) >= 11 is 0. The third kappa shape index (κ3) is 2.37. The third-order valence-electron chi connectivity index (χ3n) is 4.43. The van der Waals surface area contributed by atoms with Crippen LogP contribution in [0.2, 0.25) is 0 Å². The second-order valence-electron chi connectivity index (χ2n) is 5.70. The van der Waals surface area contributed by atoms with Crippen LogP contribution in [-0.2, 0) is 13.5 Å². The Morgan fingerprint density at radius 2 is 2.15 bits per heavy atom. The highest BCUT2D eigenvalue weighted by Crippen LogP contribution is 2.37. The number of hydrogen-bond acceptors (Lipinski definition) is 5. The molecule has 1 N–H and O–H groups in total. The molecule has 20 heavy (non-hydrogen) atoms. The van der Waals surface area contributed by atoms with Crippen LogP contribution in [0.1, 0.15) is 31.9 Å². The Morgan fingerprint density at radius 1 is 1.50 bits per heavy atom. The van der Waals surface area contributed by atoms with Crippen molar-refractivity contribution < 1.29 is 4.92 Å². The molecule has 7 nitrogen and oxygen atoms in total. The lowest BCUT2D eigenvalue weighted by Crippen LogP contribution is -2.54. The number of hydrogen-bond donors (Lipinski definition) is 1. The highest BCUT2D eigenvalue weighted by Gasteiger charge is 2.39. The van der Waals surface area contributed by atoms with Crippen LogP contribution in [0, 0.1) is 10.1 Å². The van der Waals surface area contributed by atoms with E-state index < -0.39 is 0 Å². The summed E-state index contributed by atoms with van der Waals surface area (Å²) in [4.78, 5) is 13.1. The zero-order valence-electron chi connectivity index (χ0n) is 12.6. The number of anilines is 1. The monoisotopic (exact) mass is 281 g/mol. The van der Waals surface area contributed by atoms with Gasteiger partial charge in [-0.05, 0) is 39.8 Å². The van der Waals surface area contributed by atoms with Gasteiger partial charge in [0.05, 0.1) is 4.92 Å². The van der Waals surface area contributed by atoms with E-state index >= 15 is 0 Å². The van der Waals surface area contributed by atoms with Crippen molar-refractivity contribution >= 4 is 11.5 Å². The van der Waals surface area contributed by atoms with Crippen molar-refractivity contribution in [3.05, 3.63) is 15.8 Å².